The maximum Gasteiger partial charge on any atom is 0.338 e. The van der Waals surface area contributed by atoms with Gasteiger partial charge in [-0.05, 0) is 43.2 Å². The fourth-order valence-corrected chi connectivity index (χ4v) is 2.60. The molecule has 1 unspecified atom stereocenters. The zero-order chi connectivity index (χ0) is 21.1. The molecule has 0 fully saturated rings. The average molecular weight is 395 g/mol. The van der Waals surface area contributed by atoms with Crippen LogP contribution in [0.1, 0.15) is 42.6 Å². The molecule has 0 aromatic heterocycles. The normalized spacial score (nSPS) is 11.8. The monoisotopic (exact) mass is 395 g/mol. The maximum atomic E-state index is 12.2. The molecule has 6 nitrogen and oxygen atoms in total. The number of ether oxygens (including phenoxy) is 2. The van der Waals surface area contributed by atoms with E-state index < -0.39 is 17.9 Å². The van der Waals surface area contributed by atoms with Crippen LogP contribution in [-0.4, -0.2) is 30.5 Å². The van der Waals surface area contributed by atoms with Gasteiger partial charge in [0.1, 0.15) is 6.61 Å². The second kappa shape index (κ2) is 11.5. The van der Waals surface area contributed by atoms with Crippen molar-refractivity contribution in [3.63, 3.8) is 0 Å². The van der Waals surface area contributed by atoms with Crippen LogP contribution in [0.25, 0.3) is 0 Å². The van der Waals surface area contributed by atoms with Crippen molar-refractivity contribution in [1.82, 2.24) is 0 Å². The average Bonchev–Trinajstić information content (AvgIpc) is 2.73. The summed E-state index contributed by atoms with van der Waals surface area (Å²) in [4.78, 5) is 40.6. The third-order valence-electron chi connectivity index (χ3n) is 4.05. The Labute approximate surface area is 170 Å². The van der Waals surface area contributed by atoms with Crippen LogP contribution in [0.5, 0.6) is 0 Å². The molecule has 0 aliphatic heterocycles. The minimum Gasteiger partial charge on any atom is -0.465 e. The van der Waals surface area contributed by atoms with Gasteiger partial charge in [0.25, 0.3) is 0 Å². The number of nitrogens with zero attached hydrogens (tertiary/aromatic N) is 1. The Morgan fingerprint density at radius 3 is 2.45 bits per heavy atom. The molecule has 0 spiro atoms. The highest BCUT2D eigenvalue weighted by Crippen LogP contribution is 2.16. The number of ketones is 1. The first-order valence-electron chi connectivity index (χ1n) is 9.59. The van der Waals surface area contributed by atoms with Crippen LogP contribution in [0.15, 0.2) is 59.6 Å². The van der Waals surface area contributed by atoms with E-state index in [9.17, 15) is 14.4 Å². The summed E-state index contributed by atoms with van der Waals surface area (Å²) in [6, 6.07) is 15.8. The molecule has 0 aliphatic rings. The summed E-state index contributed by atoms with van der Waals surface area (Å²) in [6.07, 6.45) is 2.25. The second-order valence-corrected chi connectivity index (χ2v) is 6.34. The summed E-state index contributed by atoms with van der Waals surface area (Å²) >= 11 is 0. The van der Waals surface area contributed by atoms with E-state index in [1.165, 1.54) is 6.21 Å². The Bertz CT molecular complexity index is 843. The smallest absolute Gasteiger partial charge is 0.338 e. The van der Waals surface area contributed by atoms with Crippen molar-refractivity contribution >= 4 is 29.6 Å². The molecule has 152 valence electrons. The lowest BCUT2D eigenvalue weighted by molar-refractivity contribution is -0.148. The molecule has 0 radical (unpaired) electrons. The highest BCUT2D eigenvalue weighted by molar-refractivity contribution is 6.12. The number of Topliss-reactive ketones (excluding diaryl/α,β-unsaturated/α-hetero) is 1. The molecule has 0 heterocycles. The molecule has 0 saturated carbocycles. The molecule has 2 aromatic carbocycles. The molecule has 29 heavy (non-hydrogen) atoms. The number of aliphatic imine (C=N–C) groups is 1. The molecule has 6 heteroatoms. The van der Waals surface area contributed by atoms with Crippen molar-refractivity contribution in [2.45, 2.75) is 33.3 Å². The second-order valence-electron chi connectivity index (χ2n) is 6.34. The number of carbonyl (C=O) groups excluding carboxylic acids is 3. The van der Waals surface area contributed by atoms with Crippen molar-refractivity contribution in [3.05, 3.63) is 65.7 Å². The van der Waals surface area contributed by atoms with Gasteiger partial charge in [0.2, 0.25) is 0 Å². The lowest BCUT2D eigenvalue weighted by atomic mass is 10.0. The van der Waals surface area contributed by atoms with E-state index in [0.717, 1.165) is 5.56 Å². The van der Waals surface area contributed by atoms with E-state index in [-0.39, 0.29) is 25.4 Å². The number of rotatable bonds is 10. The van der Waals surface area contributed by atoms with Crippen LogP contribution in [0.3, 0.4) is 0 Å². The van der Waals surface area contributed by atoms with Gasteiger partial charge in [-0.1, -0.05) is 37.3 Å². The fraction of sp³-hybridized carbons (Fsp3) is 0.304. The van der Waals surface area contributed by atoms with Crippen LogP contribution in [0.2, 0.25) is 0 Å². The van der Waals surface area contributed by atoms with Crippen LogP contribution < -0.4 is 0 Å². The molecule has 2 rings (SSSR count). The number of esters is 2. The lowest BCUT2D eigenvalue weighted by Gasteiger charge is -2.10. The van der Waals surface area contributed by atoms with Gasteiger partial charge in [0, 0.05) is 12.6 Å². The van der Waals surface area contributed by atoms with Gasteiger partial charge in [0.05, 0.1) is 17.9 Å². The van der Waals surface area contributed by atoms with E-state index >= 15 is 0 Å². The van der Waals surface area contributed by atoms with Crippen molar-refractivity contribution in [3.8, 4) is 0 Å². The van der Waals surface area contributed by atoms with Gasteiger partial charge in [-0.15, -0.1) is 0 Å². The summed E-state index contributed by atoms with van der Waals surface area (Å²) in [5.74, 6) is -2.24. The van der Waals surface area contributed by atoms with E-state index in [1.807, 2.05) is 19.1 Å². The van der Waals surface area contributed by atoms with Crippen LogP contribution in [0.4, 0.5) is 5.69 Å². The van der Waals surface area contributed by atoms with E-state index in [2.05, 4.69) is 4.99 Å². The number of benzene rings is 2. The van der Waals surface area contributed by atoms with Crippen molar-refractivity contribution < 1.29 is 23.9 Å². The van der Waals surface area contributed by atoms with Crippen molar-refractivity contribution in [1.29, 1.82) is 0 Å². The van der Waals surface area contributed by atoms with Crippen molar-refractivity contribution in [2.24, 2.45) is 10.9 Å². The molecule has 0 N–H and O–H groups in total. The Kier molecular flexibility index (Phi) is 8.76. The Morgan fingerprint density at radius 1 is 1.00 bits per heavy atom. The van der Waals surface area contributed by atoms with Crippen LogP contribution in [-0.2, 0) is 25.7 Å². The van der Waals surface area contributed by atoms with Crippen LogP contribution >= 0.6 is 0 Å². The van der Waals surface area contributed by atoms with Crippen LogP contribution in [0, 0.1) is 5.92 Å². The largest absolute Gasteiger partial charge is 0.465 e. The predicted octanol–water partition coefficient (Wildman–Crippen LogP) is 4.29. The summed E-state index contributed by atoms with van der Waals surface area (Å²) < 4.78 is 10.3. The van der Waals surface area contributed by atoms with Gasteiger partial charge in [-0.3, -0.25) is 14.6 Å². The molecule has 0 saturated heterocycles. The van der Waals surface area contributed by atoms with Gasteiger partial charge >= 0.3 is 11.9 Å². The molecule has 0 aliphatic carbocycles. The van der Waals surface area contributed by atoms with Gasteiger partial charge in [0.15, 0.2) is 11.7 Å². The van der Waals surface area contributed by atoms with E-state index in [4.69, 9.17) is 9.47 Å². The molecular formula is C23H25NO5. The number of hydrogen-bond donors (Lipinski definition) is 0. The quantitative estimate of drug-likeness (QED) is 0.340. The van der Waals surface area contributed by atoms with Gasteiger partial charge < -0.3 is 9.47 Å². The summed E-state index contributed by atoms with van der Waals surface area (Å²) in [7, 11) is 0. The third kappa shape index (κ3) is 6.99. The standard InChI is InChI=1S/C23H25NO5/c1-3-9-21(25)20(23(27)28-4-2)15-24-19-13-8-10-17(14-19)16-29-22(26)18-11-6-5-7-12-18/h5-8,10-15,20H,3-4,9,16H2,1-2H3. The molecule has 0 bridgehead atoms. The minimum absolute atomic E-state index is 0.0904. The Morgan fingerprint density at radius 2 is 1.76 bits per heavy atom. The topological polar surface area (TPSA) is 82.0 Å². The molecule has 0 amide bonds. The lowest BCUT2D eigenvalue weighted by Crippen LogP contribution is -2.27. The third-order valence-corrected chi connectivity index (χ3v) is 4.05. The first-order valence-corrected chi connectivity index (χ1v) is 9.59. The first-order chi connectivity index (χ1) is 14.0. The summed E-state index contributed by atoms with van der Waals surface area (Å²) in [6.45, 7) is 3.85. The Hall–Kier alpha value is -3.28. The molecular weight excluding hydrogens is 370 g/mol. The number of carbonyl (C=O) groups is 3. The summed E-state index contributed by atoms with van der Waals surface area (Å²) in [5, 5.41) is 0. The molecule has 1 atom stereocenters. The van der Waals surface area contributed by atoms with Gasteiger partial charge in [-0.2, -0.15) is 0 Å². The zero-order valence-corrected chi connectivity index (χ0v) is 16.7. The minimum atomic E-state index is -1.02. The van der Waals surface area contributed by atoms with E-state index in [1.54, 1.807) is 49.4 Å². The van der Waals surface area contributed by atoms with Gasteiger partial charge in [-0.25, -0.2) is 4.79 Å². The molecule has 2 aromatic rings. The SMILES string of the molecule is CCCC(=O)C(C=Nc1cccc(COC(=O)c2ccccc2)c1)C(=O)OCC. The highest BCUT2D eigenvalue weighted by atomic mass is 16.5. The highest BCUT2D eigenvalue weighted by Gasteiger charge is 2.25. The Balaban J connectivity index is 2.05. The zero-order valence-electron chi connectivity index (χ0n) is 16.7. The van der Waals surface area contributed by atoms with Crippen molar-refractivity contribution in [2.75, 3.05) is 6.61 Å². The first kappa shape index (κ1) is 22.0. The van der Waals surface area contributed by atoms with E-state index in [0.29, 0.717) is 17.7 Å². The fourth-order valence-electron chi connectivity index (χ4n) is 2.60. The predicted molar refractivity (Wildman–Crippen MR) is 110 cm³/mol. The maximum absolute atomic E-state index is 12.2. The number of hydrogen-bond acceptors (Lipinski definition) is 6. The summed E-state index contributed by atoms with van der Waals surface area (Å²) in [5.41, 5.74) is 1.78.